The molecule has 2 aromatic rings. The lowest BCUT2D eigenvalue weighted by atomic mass is 10.2. The van der Waals surface area contributed by atoms with Crippen LogP contribution in [0.1, 0.15) is 37.1 Å². The minimum Gasteiger partial charge on any atom is -0.353 e. The quantitative estimate of drug-likeness (QED) is 0.796. The molecule has 2 aromatic heterocycles. The second kappa shape index (κ2) is 6.89. The number of hydrogen-bond donors (Lipinski definition) is 0. The van der Waals surface area contributed by atoms with Gasteiger partial charge in [-0.3, -0.25) is 0 Å². The number of piperazine rings is 1. The van der Waals surface area contributed by atoms with E-state index in [-0.39, 0.29) is 0 Å². The van der Waals surface area contributed by atoms with E-state index in [0.29, 0.717) is 16.9 Å². The van der Waals surface area contributed by atoms with Gasteiger partial charge in [-0.15, -0.1) is 0 Å². The molecule has 7 heteroatoms. The van der Waals surface area contributed by atoms with Crippen molar-refractivity contribution in [2.75, 3.05) is 36.0 Å². The van der Waals surface area contributed by atoms with Crippen molar-refractivity contribution in [3.8, 4) is 0 Å². The monoisotopic (exact) mass is 346 g/mol. The summed E-state index contributed by atoms with van der Waals surface area (Å²) in [5, 5.41) is 0.493. The first-order valence-electron chi connectivity index (χ1n) is 8.29. The predicted octanol–water partition coefficient (Wildman–Crippen LogP) is 2.99. The minimum atomic E-state index is 0.330. The van der Waals surface area contributed by atoms with E-state index >= 15 is 0 Å². The Balaban J connectivity index is 1.73. The Kier molecular flexibility index (Phi) is 4.85. The van der Waals surface area contributed by atoms with Crippen LogP contribution in [0.4, 0.5) is 11.6 Å². The average molecular weight is 347 g/mol. The summed E-state index contributed by atoms with van der Waals surface area (Å²) < 4.78 is 0. The Morgan fingerprint density at radius 3 is 2.00 bits per heavy atom. The Labute approximate surface area is 147 Å². The Bertz CT molecular complexity index is 705. The van der Waals surface area contributed by atoms with Crippen LogP contribution in [-0.4, -0.2) is 46.1 Å². The van der Waals surface area contributed by atoms with Crippen molar-refractivity contribution in [3.63, 3.8) is 0 Å². The van der Waals surface area contributed by atoms with Gasteiger partial charge in [0.2, 0.25) is 0 Å². The van der Waals surface area contributed by atoms with Crippen LogP contribution in [0.5, 0.6) is 0 Å². The highest BCUT2D eigenvalue weighted by Gasteiger charge is 2.21. The van der Waals surface area contributed by atoms with Gasteiger partial charge < -0.3 is 9.80 Å². The van der Waals surface area contributed by atoms with Crippen LogP contribution in [0.25, 0.3) is 0 Å². The number of rotatable bonds is 3. The van der Waals surface area contributed by atoms with Gasteiger partial charge in [0, 0.05) is 49.9 Å². The van der Waals surface area contributed by atoms with E-state index in [4.69, 9.17) is 16.6 Å². The lowest BCUT2D eigenvalue weighted by molar-refractivity contribution is 0.634. The second-order valence-electron chi connectivity index (χ2n) is 6.45. The lowest BCUT2D eigenvalue weighted by Crippen LogP contribution is -2.47. The fraction of sp³-hybridized carbons (Fsp3) is 0.529. The van der Waals surface area contributed by atoms with E-state index in [1.807, 2.05) is 19.9 Å². The molecule has 1 saturated heterocycles. The van der Waals surface area contributed by atoms with Crippen LogP contribution in [0.3, 0.4) is 0 Å². The minimum absolute atomic E-state index is 0.330. The highest BCUT2D eigenvalue weighted by molar-refractivity contribution is 6.29. The van der Waals surface area contributed by atoms with Gasteiger partial charge in [0.15, 0.2) is 0 Å². The largest absolute Gasteiger partial charge is 0.353 e. The summed E-state index contributed by atoms with van der Waals surface area (Å²) in [7, 11) is 0. The van der Waals surface area contributed by atoms with Gasteiger partial charge in [-0.05, 0) is 13.8 Å². The zero-order valence-corrected chi connectivity index (χ0v) is 15.4. The Morgan fingerprint density at radius 1 is 0.875 bits per heavy atom. The van der Waals surface area contributed by atoms with E-state index in [1.54, 1.807) is 0 Å². The van der Waals surface area contributed by atoms with Crippen molar-refractivity contribution in [2.45, 2.75) is 33.6 Å². The summed E-state index contributed by atoms with van der Waals surface area (Å²) in [5.74, 6) is 3.85. The third-order valence-electron chi connectivity index (χ3n) is 4.10. The van der Waals surface area contributed by atoms with E-state index < -0.39 is 0 Å². The summed E-state index contributed by atoms with van der Waals surface area (Å²) in [5.41, 5.74) is 1.02. The molecule has 0 saturated carbocycles. The van der Waals surface area contributed by atoms with Crippen LogP contribution in [-0.2, 0) is 0 Å². The molecular weight excluding hydrogens is 324 g/mol. The maximum atomic E-state index is 6.05. The average Bonchev–Trinajstić information content (AvgIpc) is 2.53. The molecule has 1 fully saturated rings. The summed E-state index contributed by atoms with van der Waals surface area (Å²) in [6.45, 7) is 11.7. The first-order valence-corrected chi connectivity index (χ1v) is 8.67. The van der Waals surface area contributed by atoms with Crippen molar-refractivity contribution in [1.29, 1.82) is 0 Å². The smallest absolute Gasteiger partial charge is 0.134 e. The third-order valence-corrected chi connectivity index (χ3v) is 4.29. The van der Waals surface area contributed by atoms with Crippen LogP contribution in [0, 0.1) is 13.8 Å². The van der Waals surface area contributed by atoms with Gasteiger partial charge in [0.1, 0.15) is 28.4 Å². The summed E-state index contributed by atoms with van der Waals surface area (Å²) in [6.07, 6.45) is 0. The first kappa shape index (κ1) is 16.9. The van der Waals surface area contributed by atoms with Gasteiger partial charge in [0.05, 0.1) is 0 Å². The molecule has 0 bridgehead atoms. The summed E-state index contributed by atoms with van der Waals surface area (Å²) >= 11 is 6.05. The van der Waals surface area contributed by atoms with Crippen LogP contribution >= 0.6 is 11.6 Å². The maximum absolute atomic E-state index is 6.05. The molecule has 1 aliphatic heterocycles. The molecule has 128 valence electrons. The van der Waals surface area contributed by atoms with Crippen molar-refractivity contribution < 1.29 is 0 Å². The fourth-order valence-electron chi connectivity index (χ4n) is 2.84. The Morgan fingerprint density at radius 2 is 1.46 bits per heavy atom. The topological polar surface area (TPSA) is 58.0 Å². The van der Waals surface area contributed by atoms with Crippen molar-refractivity contribution in [2.24, 2.45) is 0 Å². The number of hydrogen-bond acceptors (Lipinski definition) is 6. The number of halogens is 1. The van der Waals surface area contributed by atoms with Crippen LogP contribution in [0.15, 0.2) is 12.1 Å². The van der Waals surface area contributed by atoms with Crippen molar-refractivity contribution >= 4 is 23.2 Å². The number of aromatic nitrogens is 4. The van der Waals surface area contributed by atoms with Crippen molar-refractivity contribution in [1.82, 2.24) is 19.9 Å². The molecule has 3 heterocycles. The van der Waals surface area contributed by atoms with Gasteiger partial charge in [-0.25, -0.2) is 19.9 Å². The molecule has 0 aliphatic carbocycles. The predicted molar refractivity (Wildman–Crippen MR) is 97.1 cm³/mol. The van der Waals surface area contributed by atoms with Crippen LogP contribution < -0.4 is 9.80 Å². The molecule has 0 atom stereocenters. The van der Waals surface area contributed by atoms with E-state index in [2.05, 4.69) is 44.7 Å². The zero-order chi connectivity index (χ0) is 17.3. The molecule has 1 aliphatic rings. The standard InChI is InChI=1S/C17H23ClN6/c1-11(2)17-19-12(3)9-15(22-17)23-5-7-24(8-6-23)16-10-14(18)20-13(4)21-16/h9-11H,5-8H2,1-4H3. The molecule has 0 amide bonds. The molecule has 0 N–H and O–H groups in total. The zero-order valence-electron chi connectivity index (χ0n) is 14.6. The van der Waals surface area contributed by atoms with Gasteiger partial charge in [0.25, 0.3) is 0 Å². The molecular formula is C17H23ClN6. The third kappa shape index (κ3) is 3.75. The Hall–Kier alpha value is -1.95. The summed E-state index contributed by atoms with van der Waals surface area (Å²) in [6, 6.07) is 3.89. The molecule has 6 nitrogen and oxygen atoms in total. The first-order chi connectivity index (χ1) is 11.4. The number of nitrogens with zero attached hydrogens (tertiary/aromatic N) is 6. The second-order valence-corrected chi connectivity index (χ2v) is 6.84. The lowest BCUT2D eigenvalue weighted by Gasteiger charge is -2.36. The SMILES string of the molecule is Cc1cc(N2CCN(c3cc(Cl)nc(C)n3)CC2)nc(C(C)C)n1. The van der Waals surface area contributed by atoms with E-state index in [1.165, 1.54) is 0 Å². The maximum Gasteiger partial charge on any atom is 0.134 e. The number of aryl methyl sites for hydroxylation is 2. The molecule has 0 spiro atoms. The van der Waals surface area contributed by atoms with E-state index in [0.717, 1.165) is 49.3 Å². The molecule has 3 rings (SSSR count). The fourth-order valence-corrected chi connectivity index (χ4v) is 3.06. The molecule has 0 unspecified atom stereocenters. The normalized spacial score (nSPS) is 15.2. The van der Waals surface area contributed by atoms with Crippen LogP contribution in [0.2, 0.25) is 5.15 Å². The van der Waals surface area contributed by atoms with Crippen molar-refractivity contribution in [3.05, 3.63) is 34.6 Å². The highest BCUT2D eigenvalue weighted by Crippen LogP contribution is 2.21. The number of anilines is 2. The van der Waals surface area contributed by atoms with E-state index in [9.17, 15) is 0 Å². The van der Waals surface area contributed by atoms with Gasteiger partial charge in [-0.2, -0.15) is 0 Å². The summed E-state index contributed by atoms with van der Waals surface area (Å²) in [4.78, 5) is 22.4. The van der Waals surface area contributed by atoms with Gasteiger partial charge >= 0.3 is 0 Å². The van der Waals surface area contributed by atoms with Gasteiger partial charge in [-0.1, -0.05) is 25.4 Å². The molecule has 0 aromatic carbocycles. The highest BCUT2D eigenvalue weighted by atomic mass is 35.5. The molecule has 0 radical (unpaired) electrons. The molecule has 24 heavy (non-hydrogen) atoms.